The van der Waals surface area contributed by atoms with Crippen molar-refractivity contribution in [2.75, 3.05) is 17.7 Å². The molecule has 0 fully saturated rings. The van der Waals surface area contributed by atoms with Crippen molar-refractivity contribution in [2.45, 2.75) is 26.4 Å². The highest BCUT2D eigenvalue weighted by Gasteiger charge is 2.22. The van der Waals surface area contributed by atoms with Crippen LogP contribution in [0.1, 0.15) is 29.8 Å². The molecule has 2 aromatic heterocycles. The third-order valence-corrected chi connectivity index (χ3v) is 3.85. The van der Waals surface area contributed by atoms with Crippen LogP contribution >= 0.6 is 11.5 Å². The molecule has 0 spiro atoms. The molecule has 0 atom stereocenters. The largest absolute Gasteiger partial charge is 0.382 e. The van der Waals surface area contributed by atoms with Crippen LogP contribution in [0.3, 0.4) is 0 Å². The third kappa shape index (κ3) is 3.52. The number of aromatic nitrogens is 3. The van der Waals surface area contributed by atoms with Crippen molar-refractivity contribution in [2.24, 2.45) is 7.05 Å². The van der Waals surface area contributed by atoms with Gasteiger partial charge in [-0.3, -0.25) is 9.48 Å². The summed E-state index contributed by atoms with van der Waals surface area (Å²) in [6.07, 6.45) is 3.74. The number of amides is 1. The standard InChI is InChI=1S/C13H20N6OS/c1-8(2)16-12(20)10-11(14)17-21-13(10)18(3)6-9-5-15-19(4)7-9/h5,7-8H,6H2,1-4H3,(H2,14,17)(H,16,20). The van der Waals surface area contributed by atoms with Crippen molar-refractivity contribution in [1.29, 1.82) is 0 Å². The number of anilines is 2. The van der Waals surface area contributed by atoms with Crippen LogP contribution in [0.5, 0.6) is 0 Å². The summed E-state index contributed by atoms with van der Waals surface area (Å²) in [5.41, 5.74) is 7.35. The summed E-state index contributed by atoms with van der Waals surface area (Å²) in [6, 6.07) is 0.0493. The Morgan fingerprint density at radius 3 is 2.86 bits per heavy atom. The average molecular weight is 308 g/mol. The summed E-state index contributed by atoms with van der Waals surface area (Å²) in [5, 5.41) is 7.75. The van der Waals surface area contributed by atoms with Gasteiger partial charge in [0.2, 0.25) is 0 Å². The van der Waals surface area contributed by atoms with Crippen LogP contribution in [0.2, 0.25) is 0 Å². The van der Waals surface area contributed by atoms with Crippen LogP contribution in [-0.2, 0) is 13.6 Å². The first-order chi connectivity index (χ1) is 9.88. The van der Waals surface area contributed by atoms with Gasteiger partial charge in [0.25, 0.3) is 5.91 Å². The lowest BCUT2D eigenvalue weighted by atomic mass is 10.2. The van der Waals surface area contributed by atoms with E-state index >= 15 is 0 Å². The van der Waals surface area contributed by atoms with Gasteiger partial charge >= 0.3 is 0 Å². The maximum absolute atomic E-state index is 12.3. The summed E-state index contributed by atoms with van der Waals surface area (Å²) in [6.45, 7) is 4.46. The molecule has 3 N–H and O–H groups in total. The van der Waals surface area contributed by atoms with Gasteiger partial charge in [0.1, 0.15) is 10.6 Å². The molecule has 2 heterocycles. The van der Waals surface area contributed by atoms with E-state index in [9.17, 15) is 4.79 Å². The van der Waals surface area contributed by atoms with Crippen molar-refractivity contribution in [3.05, 3.63) is 23.5 Å². The molecule has 21 heavy (non-hydrogen) atoms. The molecule has 0 aliphatic rings. The average Bonchev–Trinajstić information content (AvgIpc) is 2.94. The third-order valence-electron chi connectivity index (χ3n) is 2.87. The zero-order chi connectivity index (χ0) is 15.6. The molecule has 1 amide bonds. The summed E-state index contributed by atoms with van der Waals surface area (Å²) in [7, 11) is 3.78. The minimum atomic E-state index is -0.190. The van der Waals surface area contributed by atoms with Gasteiger partial charge in [-0.1, -0.05) is 0 Å². The van der Waals surface area contributed by atoms with E-state index in [0.717, 1.165) is 10.6 Å². The van der Waals surface area contributed by atoms with E-state index < -0.39 is 0 Å². The number of nitrogens with one attached hydrogen (secondary N) is 1. The lowest BCUT2D eigenvalue weighted by molar-refractivity contribution is 0.0944. The van der Waals surface area contributed by atoms with Crippen molar-refractivity contribution < 1.29 is 4.79 Å². The molecule has 0 bridgehead atoms. The molecular formula is C13H20N6OS. The van der Waals surface area contributed by atoms with Crippen LogP contribution in [0.15, 0.2) is 12.4 Å². The van der Waals surface area contributed by atoms with Crippen LogP contribution in [0, 0.1) is 0 Å². The van der Waals surface area contributed by atoms with Crippen molar-refractivity contribution >= 4 is 28.3 Å². The predicted molar refractivity (Wildman–Crippen MR) is 84.4 cm³/mol. The second kappa shape index (κ2) is 6.13. The lowest BCUT2D eigenvalue weighted by Crippen LogP contribution is -2.31. The number of nitrogens with zero attached hydrogens (tertiary/aromatic N) is 4. The van der Waals surface area contributed by atoms with E-state index in [1.165, 1.54) is 11.5 Å². The number of carbonyl (C=O) groups excluding carboxylic acids is 1. The minimum Gasteiger partial charge on any atom is -0.382 e. The van der Waals surface area contributed by atoms with E-state index in [2.05, 4.69) is 14.8 Å². The second-order valence-corrected chi connectivity index (χ2v) is 6.01. The fraction of sp³-hybridized carbons (Fsp3) is 0.462. The zero-order valence-electron chi connectivity index (χ0n) is 12.6. The molecule has 8 heteroatoms. The number of hydrogen-bond acceptors (Lipinski definition) is 6. The van der Waals surface area contributed by atoms with E-state index in [1.54, 1.807) is 10.9 Å². The molecule has 0 saturated heterocycles. The molecule has 0 unspecified atom stereocenters. The minimum absolute atomic E-state index is 0.0493. The number of hydrogen-bond donors (Lipinski definition) is 2. The highest BCUT2D eigenvalue weighted by molar-refractivity contribution is 7.11. The number of aryl methyl sites for hydroxylation is 1. The Bertz CT molecular complexity index is 632. The van der Waals surface area contributed by atoms with Gasteiger partial charge < -0.3 is 16.0 Å². The van der Waals surface area contributed by atoms with Gasteiger partial charge in [0, 0.05) is 38.4 Å². The van der Waals surface area contributed by atoms with Gasteiger partial charge in [-0.25, -0.2) is 0 Å². The molecule has 0 aliphatic heterocycles. The van der Waals surface area contributed by atoms with Crippen LogP contribution in [-0.4, -0.2) is 33.2 Å². The topological polar surface area (TPSA) is 89.1 Å². The summed E-state index contributed by atoms with van der Waals surface area (Å²) in [4.78, 5) is 14.2. The SMILES string of the molecule is CC(C)NC(=O)c1c(N)nsc1N(C)Cc1cnn(C)c1. The van der Waals surface area contributed by atoms with Crippen molar-refractivity contribution in [3.63, 3.8) is 0 Å². The number of rotatable bonds is 5. The van der Waals surface area contributed by atoms with E-state index in [0.29, 0.717) is 12.1 Å². The van der Waals surface area contributed by atoms with Crippen molar-refractivity contribution in [3.8, 4) is 0 Å². The molecule has 0 aliphatic carbocycles. The summed E-state index contributed by atoms with van der Waals surface area (Å²) in [5.74, 6) is 0.0791. The predicted octanol–water partition coefficient (Wildman–Crippen LogP) is 1.23. The monoisotopic (exact) mass is 308 g/mol. The first kappa shape index (κ1) is 15.3. The van der Waals surface area contributed by atoms with Crippen LogP contribution < -0.4 is 16.0 Å². The first-order valence-electron chi connectivity index (χ1n) is 6.63. The van der Waals surface area contributed by atoms with Gasteiger partial charge in [0.05, 0.1) is 6.20 Å². The number of nitrogen functional groups attached to an aromatic ring is 1. The summed E-state index contributed by atoms with van der Waals surface area (Å²) < 4.78 is 5.86. The maximum atomic E-state index is 12.3. The molecular weight excluding hydrogens is 288 g/mol. The Hall–Kier alpha value is -2.09. The molecule has 0 radical (unpaired) electrons. The lowest BCUT2D eigenvalue weighted by Gasteiger charge is -2.18. The first-order valence-corrected chi connectivity index (χ1v) is 7.40. The van der Waals surface area contributed by atoms with Gasteiger partial charge in [0.15, 0.2) is 5.82 Å². The quantitative estimate of drug-likeness (QED) is 0.867. The van der Waals surface area contributed by atoms with E-state index in [-0.39, 0.29) is 17.8 Å². The summed E-state index contributed by atoms with van der Waals surface area (Å²) >= 11 is 1.23. The normalized spacial score (nSPS) is 10.9. The molecule has 0 aromatic carbocycles. The Morgan fingerprint density at radius 2 is 2.29 bits per heavy atom. The Kier molecular flexibility index (Phi) is 4.46. The fourth-order valence-corrected chi connectivity index (χ4v) is 2.77. The molecule has 114 valence electrons. The fourth-order valence-electron chi connectivity index (χ4n) is 2.00. The second-order valence-electron chi connectivity index (χ2n) is 5.25. The highest BCUT2D eigenvalue weighted by Crippen LogP contribution is 2.30. The van der Waals surface area contributed by atoms with Crippen LogP contribution in [0.4, 0.5) is 10.8 Å². The Labute approximate surface area is 127 Å². The molecule has 7 nitrogen and oxygen atoms in total. The van der Waals surface area contributed by atoms with Gasteiger partial charge in [-0.2, -0.15) is 9.47 Å². The Morgan fingerprint density at radius 1 is 1.57 bits per heavy atom. The smallest absolute Gasteiger partial charge is 0.258 e. The highest BCUT2D eigenvalue weighted by atomic mass is 32.1. The molecule has 0 saturated carbocycles. The molecule has 2 aromatic rings. The number of carbonyl (C=O) groups is 1. The van der Waals surface area contributed by atoms with Gasteiger partial charge in [-0.05, 0) is 25.4 Å². The zero-order valence-corrected chi connectivity index (χ0v) is 13.4. The molecule has 2 rings (SSSR count). The van der Waals surface area contributed by atoms with E-state index in [1.807, 2.05) is 39.0 Å². The van der Waals surface area contributed by atoms with E-state index in [4.69, 9.17) is 5.73 Å². The Balaban J connectivity index is 2.21. The number of nitrogens with two attached hydrogens (primary N) is 1. The van der Waals surface area contributed by atoms with Gasteiger partial charge in [-0.15, -0.1) is 0 Å². The van der Waals surface area contributed by atoms with Crippen LogP contribution in [0.25, 0.3) is 0 Å². The maximum Gasteiger partial charge on any atom is 0.258 e. The van der Waals surface area contributed by atoms with Crippen molar-refractivity contribution in [1.82, 2.24) is 19.5 Å².